The Bertz CT molecular complexity index is 1790. The van der Waals surface area contributed by atoms with E-state index in [1.54, 1.807) is 0 Å². The van der Waals surface area contributed by atoms with Gasteiger partial charge in [0, 0.05) is 30.4 Å². The molecule has 0 aliphatic heterocycles. The summed E-state index contributed by atoms with van der Waals surface area (Å²) in [4.78, 5) is 8.50. The highest BCUT2D eigenvalue weighted by molar-refractivity contribution is 6.27. The second kappa shape index (κ2) is 7.50. The molecule has 0 N–H and O–H groups in total. The lowest BCUT2D eigenvalue weighted by Crippen LogP contribution is -1.90. The molecule has 7 aromatic rings. The zero-order chi connectivity index (χ0) is 22.5. The van der Waals surface area contributed by atoms with Crippen molar-refractivity contribution in [1.29, 1.82) is 0 Å². The SMILES string of the molecule is c1cncc(-c2cccc(-c3ccc4ccc5ccc(-c6ccncc6)c6ccc3c4c56)c2)c1. The zero-order valence-corrected chi connectivity index (χ0v) is 18.4. The van der Waals surface area contributed by atoms with Gasteiger partial charge in [-0.2, -0.15) is 0 Å². The molecule has 0 saturated heterocycles. The standard InChI is InChI=1S/C32H20N2/c1-3-24(26-5-2-16-34-20-26)19-25(4-1)28-11-9-23-7-6-22-8-10-27(21-14-17-33-18-15-21)29-12-13-30(28)32(23)31(22)29/h1-20H. The van der Waals surface area contributed by atoms with Crippen LogP contribution in [0.5, 0.6) is 0 Å². The van der Waals surface area contributed by atoms with E-state index < -0.39 is 0 Å². The first kappa shape index (κ1) is 19.0. The van der Waals surface area contributed by atoms with Gasteiger partial charge in [-0.05, 0) is 84.4 Å². The van der Waals surface area contributed by atoms with Gasteiger partial charge in [0.25, 0.3) is 0 Å². The molecule has 0 aliphatic carbocycles. The van der Waals surface area contributed by atoms with E-state index in [1.165, 1.54) is 60.1 Å². The molecule has 0 atom stereocenters. The monoisotopic (exact) mass is 432 g/mol. The van der Waals surface area contributed by atoms with Crippen LogP contribution < -0.4 is 0 Å². The lowest BCUT2D eigenvalue weighted by atomic mass is 9.87. The first-order valence-electron chi connectivity index (χ1n) is 11.5. The molecule has 7 rings (SSSR count). The average Bonchev–Trinajstić information content (AvgIpc) is 2.92. The number of hydrogen-bond acceptors (Lipinski definition) is 2. The quantitative estimate of drug-likeness (QED) is 0.262. The second-order valence-electron chi connectivity index (χ2n) is 8.71. The number of benzene rings is 5. The predicted octanol–water partition coefficient (Wildman–Crippen LogP) is 8.38. The Morgan fingerprint density at radius 3 is 1.71 bits per heavy atom. The van der Waals surface area contributed by atoms with Crippen LogP contribution in [0.25, 0.3) is 65.7 Å². The van der Waals surface area contributed by atoms with Crippen molar-refractivity contribution in [2.45, 2.75) is 0 Å². The molecule has 0 saturated carbocycles. The van der Waals surface area contributed by atoms with Gasteiger partial charge in [-0.25, -0.2) is 0 Å². The Balaban J connectivity index is 1.51. The smallest absolute Gasteiger partial charge is 0.0346 e. The summed E-state index contributed by atoms with van der Waals surface area (Å²) in [6.45, 7) is 0. The van der Waals surface area contributed by atoms with Crippen LogP contribution in [-0.2, 0) is 0 Å². The Labute approximate surface area is 197 Å². The third-order valence-corrected chi connectivity index (χ3v) is 6.82. The van der Waals surface area contributed by atoms with Crippen LogP contribution in [0, 0.1) is 0 Å². The van der Waals surface area contributed by atoms with E-state index >= 15 is 0 Å². The van der Waals surface area contributed by atoms with Crippen molar-refractivity contribution in [3.63, 3.8) is 0 Å². The first-order valence-corrected chi connectivity index (χ1v) is 11.5. The summed E-state index contributed by atoms with van der Waals surface area (Å²) in [5, 5.41) is 7.76. The third kappa shape index (κ3) is 2.89. The highest BCUT2D eigenvalue weighted by Gasteiger charge is 2.15. The van der Waals surface area contributed by atoms with Crippen LogP contribution in [0.2, 0.25) is 0 Å². The average molecular weight is 433 g/mol. The van der Waals surface area contributed by atoms with Crippen LogP contribution >= 0.6 is 0 Å². The Morgan fingerprint density at radius 1 is 0.412 bits per heavy atom. The Morgan fingerprint density at radius 2 is 1.03 bits per heavy atom. The van der Waals surface area contributed by atoms with Gasteiger partial charge in [-0.3, -0.25) is 9.97 Å². The van der Waals surface area contributed by atoms with E-state index in [9.17, 15) is 0 Å². The number of rotatable bonds is 3. The topological polar surface area (TPSA) is 25.8 Å². The summed E-state index contributed by atoms with van der Waals surface area (Å²) in [6, 6.07) is 35.1. The molecule has 5 aromatic carbocycles. The van der Waals surface area contributed by atoms with Gasteiger partial charge in [0.1, 0.15) is 0 Å². The fourth-order valence-electron chi connectivity index (χ4n) is 5.24. The van der Waals surface area contributed by atoms with Crippen LogP contribution in [0.15, 0.2) is 122 Å². The van der Waals surface area contributed by atoms with E-state index in [0.717, 1.165) is 5.56 Å². The van der Waals surface area contributed by atoms with E-state index in [4.69, 9.17) is 0 Å². The van der Waals surface area contributed by atoms with Gasteiger partial charge < -0.3 is 0 Å². The highest BCUT2D eigenvalue weighted by Crippen LogP contribution is 2.42. The summed E-state index contributed by atoms with van der Waals surface area (Å²) in [5.41, 5.74) is 7.21. The minimum Gasteiger partial charge on any atom is -0.265 e. The molecular formula is C32H20N2. The zero-order valence-electron chi connectivity index (χ0n) is 18.4. The van der Waals surface area contributed by atoms with Crippen LogP contribution in [0.4, 0.5) is 0 Å². The molecule has 2 aromatic heterocycles. The molecule has 0 unspecified atom stereocenters. The lowest BCUT2D eigenvalue weighted by Gasteiger charge is -2.17. The molecule has 0 fully saturated rings. The van der Waals surface area contributed by atoms with Crippen molar-refractivity contribution < 1.29 is 0 Å². The van der Waals surface area contributed by atoms with Gasteiger partial charge in [0.05, 0.1) is 0 Å². The van der Waals surface area contributed by atoms with Crippen molar-refractivity contribution in [2.24, 2.45) is 0 Å². The van der Waals surface area contributed by atoms with Crippen LogP contribution in [0.1, 0.15) is 0 Å². The minimum absolute atomic E-state index is 1.13. The van der Waals surface area contributed by atoms with Crippen molar-refractivity contribution in [1.82, 2.24) is 9.97 Å². The molecule has 0 radical (unpaired) electrons. The fraction of sp³-hybridized carbons (Fsp3) is 0. The molecule has 0 bridgehead atoms. The summed E-state index contributed by atoms with van der Waals surface area (Å²) >= 11 is 0. The van der Waals surface area contributed by atoms with E-state index in [2.05, 4.69) is 101 Å². The van der Waals surface area contributed by atoms with Crippen molar-refractivity contribution in [3.05, 3.63) is 122 Å². The predicted molar refractivity (Wildman–Crippen MR) is 142 cm³/mol. The van der Waals surface area contributed by atoms with Crippen LogP contribution in [0.3, 0.4) is 0 Å². The number of pyridine rings is 2. The molecule has 2 heterocycles. The maximum Gasteiger partial charge on any atom is 0.0346 e. The Hall–Kier alpha value is -4.56. The van der Waals surface area contributed by atoms with Gasteiger partial charge in [0.15, 0.2) is 0 Å². The van der Waals surface area contributed by atoms with E-state index in [0.29, 0.717) is 0 Å². The van der Waals surface area contributed by atoms with Gasteiger partial charge in [0.2, 0.25) is 0 Å². The number of hydrogen-bond donors (Lipinski definition) is 0. The van der Waals surface area contributed by atoms with Crippen molar-refractivity contribution >= 4 is 32.3 Å². The van der Waals surface area contributed by atoms with Crippen LogP contribution in [-0.4, -0.2) is 9.97 Å². The van der Waals surface area contributed by atoms with Crippen molar-refractivity contribution in [3.8, 4) is 33.4 Å². The maximum atomic E-state index is 4.30. The van der Waals surface area contributed by atoms with E-state index in [1.807, 2.05) is 30.9 Å². The van der Waals surface area contributed by atoms with Gasteiger partial charge in [-0.1, -0.05) is 72.8 Å². The molecule has 2 nitrogen and oxygen atoms in total. The number of aromatic nitrogens is 2. The highest BCUT2D eigenvalue weighted by atomic mass is 14.6. The molecule has 0 spiro atoms. The largest absolute Gasteiger partial charge is 0.265 e. The Kier molecular flexibility index (Phi) is 4.18. The molecule has 34 heavy (non-hydrogen) atoms. The van der Waals surface area contributed by atoms with Gasteiger partial charge in [-0.15, -0.1) is 0 Å². The second-order valence-corrected chi connectivity index (χ2v) is 8.71. The maximum absolute atomic E-state index is 4.30. The molecule has 2 heteroatoms. The first-order chi connectivity index (χ1) is 16.9. The summed E-state index contributed by atoms with van der Waals surface area (Å²) in [5.74, 6) is 0. The molecular weight excluding hydrogens is 412 g/mol. The summed E-state index contributed by atoms with van der Waals surface area (Å²) in [6.07, 6.45) is 7.46. The minimum atomic E-state index is 1.13. The van der Waals surface area contributed by atoms with Gasteiger partial charge >= 0.3 is 0 Å². The van der Waals surface area contributed by atoms with E-state index in [-0.39, 0.29) is 0 Å². The molecule has 158 valence electrons. The number of nitrogens with zero attached hydrogens (tertiary/aromatic N) is 2. The normalized spacial score (nSPS) is 11.5. The van der Waals surface area contributed by atoms with Crippen molar-refractivity contribution in [2.75, 3.05) is 0 Å². The lowest BCUT2D eigenvalue weighted by molar-refractivity contribution is 1.33. The fourth-order valence-corrected chi connectivity index (χ4v) is 5.24. The summed E-state index contributed by atoms with van der Waals surface area (Å²) in [7, 11) is 0. The third-order valence-electron chi connectivity index (χ3n) is 6.82. The summed E-state index contributed by atoms with van der Waals surface area (Å²) < 4.78 is 0. The molecule has 0 amide bonds. The molecule has 0 aliphatic rings.